The van der Waals surface area contributed by atoms with Gasteiger partial charge >= 0.3 is 6.18 Å². The van der Waals surface area contributed by atoms with Crippen molar-refractivity contribution in [1.29, 1.82) is 0 Å². The predicted molar refractivity (Wildman–Crippen MR) is 65.5 cm³/mol. The van der Waals surface area contributed by atoms with Crippen molar-refractivity contribution in [2.45, 2.75) is 16.1 Å². The first-order valence-corrected chi connectivity index (χ1v) is 6.83. The number of anilines is 1. The molecule has 0 amide bonds. The molecule has 0 bridgehead atoms. The third kappa shape index (κ3) is 2.74. The van der Waals surface area contributed by atoms with Crippen LogP contribution in [0.15, 0.2) is 52.5 Å². The molecule has 2 aromatic rings. The van der Waals surface area contributed by atoms with Gasteiger partial charge in [0, 0.05) is 11.9 Å². The summed E-state index contributed by atoms with van der Waals surface area (Å²) in [6, 6.07) is 6.34. The summed E-state index contributed by atoms with van der Waals surface area (Å²) in [5, 5.41) is -0.655. The van der Waals surface area contributed by atoms with Gasteiger partial charge in [0.05, 0.1) is 10.5 Å². The second kappa shape index (κ2) is 4.78. The molecule has 1 aromatic carbocycles. The van der Waals surface area contributed by atoms with Crippen molar-refractivity contribution < 1.29 is 21.6 Å². The van der Waals surface area contributed by atoms with Gasteiger partial charge in [-0.1, -0.05) is 0 Å². The van der Waals surface area contributed by atoms with Crippen LogP contribution in [-0.4, -0.2) is 13.4 Å². The zero-order chi connectivity index (χ0) is 15.0. The molecule has 106 valence electrons. The lowest BCUT2D eigenvalue weighted by Gasteiger charge is -2.08. The number of aromatic nitrogens is 1. The maximum atomic E-state index is 12.6. The third-order valence-corrected chi connectivity index (χ3v) is 4.19. The van der Waals surface area contributed by atoms with Crippen LogP contribution in [0.1, 0.15) is 5.56 Å². The summed E-state index contributed by atoms with van der Waals surface area (Å²) in [5.74, 6) is 0. The molecule has 0 unspecified atom stereocenters. The summed E-state index contributed by atoms with van der Waals surface area (Å²) in [4.78, 5) is 3.34. The van der Waals surface area contributed by atoms with Gasteiger partial charge in [-0.05, 0) is 36.4 Å². The Morgan fingerprint density at radius 3 is 2.20 bits per heavy atom. The number of hydrogen-bond donors (Lipinski definition) is 1. The monoisotopic (exact) mass is 302 g/mol. The smallest absolute Gasteiger partial charge is 0.399 e. The minimum atomic E-state index is -4.63. The van der Waals surface area contributed by atoms with Gasteiger partial charge in [-0.15, -0.1) is 0 Å². The van der Waals surface area contributed by atoms with Crippen LogP contribution in [0, 0.1) is 0 Å². The van der Waals surface area contributed by atoms with E-state index in [0.717, 1.165) is 6.20 Å². The van der Waals surface area contributed by atoms with Crippen molar-refractivity contribution in [2.24, 2.45) is 0 Å². The topological polar surface area (TPSA) is 73.1 Å². The fourth-order valence-corrected chi connectivity index (χ4v) is 2.72. The van der Waals surface area contributed by atoms with Crippen LogP contribution < -0.4 is 5.73 Å². The van der Waals surface area contributed by atoms with E-state index in [0.29, 0.717) is 17.8 Å². The van der Waals surface area contributed by atoms with E-state index in [2.05, 4.69) is 4.98 Å². The summed E-state index contributed by atoms with van der Waals surface area (Å²) in [5.41, 5.74) is 4.71. The average molecular weight is 302 g/mol. The van der Waals surface area contributed by atoms with Crippen molar-refractivity contribution in [3.8, 4) is 0 Å². The molecule has 0 aliphatic heterocycles. The first-order chi connectivity index (χ1) is 9.21. The Kier molecular flexibility index (Phi) is 3.43. The summed E-state index contributed by atoms with van der Waals surface area (Å²) in [6.07, 6.45) is -3.82. The van der Waals surface area contributed by atoms with Crippen molar-refractivity contribution in [3.05, 3.63) is 48.2 Å². The Hall–Kier alpha value is -2.09. The van der Waals surface area contributed by atoms with Gasteiger partial charge < -0.3 is 5.73 Å². The number of nitrogens with zero attached hydrogens (tertiary/aromatic N) is 1. The van der Waals surface area contributed by atoms with Gasteiger partial charge in [0.2, 0.25) is 9.84 Å². The zero-order valence-corrected chi connectivity index (χ0v) is 10.7. The van der Waals surface area contributed by atoms with E-state index in [4.69, 9.17) is 5.73 Å². The number of alkyl halides is 3. The number of pyridine rings is 1. The van der Waals surface area contributed by atoms with Gasteiger partial charge in [0.15, 0.2) is 5.03 Å². The normalized spacial score (nSPS) is 12.3. The van der Waals surface area contributed by atoms with Gasteiger partial charge in [-0.25, -0.2) is 13.4 Å². The molecule has 20 heavy (non-hydrogen) atoms. The summed E-state index contributed by atoms with van der Waals surface area (Å²) < 4.78 is 62.0. The van der Waals surface area contributed by atoms with Crippen LogP contribution in [0.25, 0.3) is 0 Å². The van der Waals surface area contributed by atoms with E-state index >= 15 is 0 Å². The Bertz CT molecular complexity index is 725. The lowest BCUT2D eigenvalue weighted by molar-refractivity contribution is -0.137. The van der Waals surface area contributed by atoms with E-state index in [-0.39, 0.29) is 4.90 Å². The number of halogens is 3. The number of rotatable bonds is 2. The molecule has 0 fully saturated rings. The van der Waals surface area contributed by atoms with Gasteiger partial charge in [-0.2, -0.15) is 13.2 Å². The van der Waals surface area contributed by atoms with Gasteiger partial charge in [0.25, 0.3) is 0 Å². The SMILES string of the molecule is Nc1ccc(S(=O)(=O)c2cc(C(F)(F)F)ccn2)cc1. The molecule has 2 rings (SSSR count). The number of sulfone groups is 1. The Balaban J connectivity index is 2.53. The lowest BCUT2D eigenvalue weighted by Crippen LogP contribution is -2.09. The molecule has 8 heteroatoms. The molecule has 2 N–H and O–H groups in total. The predicted octanol–water partition coefficient (Wildman–Crippen LogP) is 2.52. The number of hydrogen-bond acceptors (Lipinski definition) is 4. The highest BCUT2D eigenvalue weighted by Gasteiger charge is 2.32. The molecule has 1 heterocycles. The highest BCUT2D eigenvalue weighted by molar-refractivity contribution is 7.91. The molecule has 0 saturated heterocycles. The van der Waals surface area contributed by atoms with Crippen molar-refractivity contribution in [2.75, 3.05) is 5.73 Å². The number of nitrogens with two attached hydrogens (primary N) is 1. The van der Waals surface area contributed by atoms with Crippen LogP contribution in [0.5, 0.6) is 0 Å². The Labute approximate surface area is 113 Å². The van der Waals surface area contributed by atoms with Crippen molar-refractivity contribution in [1.82, 2.24) is 4.98 Å². The minimum Gasteiger partial charge on any atom is -0.399 e. The average Bonchev–Trinajstić information content (AvgIpc) is 2.38. The number of nitrogen functional groups attached to an aromatic ring is 1. The van der Waals surface area contributed by atoms with Crippen LogP contribution in [0.3, 0.4) is 0 Å². The minimum absolute atomic E-state index is 0.168. The van der Waals surface area contributed by atoms with Crippen LogP contribution in [0.4, 0.5) is 18.9 Å². The number of benzene rings is 1. The standard InChI is InChI=1S/C12H9F3N2O2S/c13-12(14,15)8-5-6-17-11(7-8)20(18,19)10-3-1-9(16)2-4-10/h1-7H,16H2. The van der Waals surface area contributed by atoms with E-state index in [1.807, 2.05) is 0 Å². The first kappa shape index (κ1) is 14.3. The van der Waals surface area contributed by atoms with Gasteiger partial charge in [0.1, 0.15) is 0 Å². The molecule has 1 aromatic heterocycles. The molecule has 0 aliphatic rings. The molecule has 4 nitrogen and oxygen atoms in total. The Morgan fingerprint density at radius 2 is 1.65 bits per heavy atom. The largest absolute Gasteiger partial charge is 0.416 e. The molecular weight excluding hydrogens is 293 g/mol. The fraction of sp³-hybridized carbons (Fsp3) is 0.0833. The summed E-state index contributed by atoms with van der Waals surface area (Å²) in [7, 11) is -4.11. The van der Waals surface area contributed by atoms with Crippen molar-refractivity contribution in [3.63, 3.8) is 0 Å². The highest BCUT2D eigenvalue weighted by Crippen LogP contribution is 2.31. The van der Waals surface area contributed by atoms with Crippen LogP contribution in [-0.2, 0) is 16.0 Å². The maximum Gasteiger partial charge on any atom is 0.416 e. The quantitative estimate of drug-likeness (QED) is 0.865. The van der Waals surface area contributed by atoms with E-state index in [1.54, 1.807) is 0 Å². The third-order valence-electron chi connectivity index (χ3n) is 2.53. The second-order valence-corrected chi connectivity index (χ2v) is 5.85. The van der Waals surface area contributed by atoms with Gasteiger partial charge in [-0.3, -0.25) is 0 Å². The maximum absolute atomic E-state index is 12.6. The van der Waals surface area contributed by atoms with Crippen molar-refractivity contribution >= 4 is 15.5 Å². The molecule has 0 radical (unpaired) electrons. The summed E-state index contributed by atoms with van der Waals surface area (Å²) in [6.45, 7) is 0. The fourth-order valence-electron chi connectivity index (χ4n) is 1.50. The molecular formula is C12H9F3N2O2S. The van der Waals surface area contributed by atoms with Crippen LogP contribution >= 0.6 is 0 Å². The van der Waals surface area contributed by atoms with Crippen LogP contribution in [0.2, 0.25) is 0 Å². The van der Waals surface area contributed by atoms with E-state index < -0.39 is 26.6 Å². The summed E-state index contributed by atoms with van der Waals surface area (Å²) >= 11 is 0. The highest BCUT2D eigenvalue weighted by atomic mass is 32.2. The molecule has 0 saturated carbocycles. The molecule has 0 aliphatic carbocycles. The second-order valence-electron chi connectivity index (χ2n) is 3.95. The Morgan fingerprint density at radius 1 is 1.05 bits per heavy atom. The lowest BCUT2D eigenvalue weighted by atomic mass is 10.3. The van der Waals surface area contributed by atoms with E-state index in [1.165, 1.54) is 24.3 Å². The molecule has 0 spiro atoms. The zero-order valence-electron chi connectivity index (χ0n) is 9.92. The van der Waals surface area contributed by atoms with E-state index in [9.17, 15) is 21.6 Å². The first-order valence-electron chi connectivity index (χ1n) is 5.35. The molecule has 0 atom stereocenters.